The maximum Gasteiger partial charge on any atom is 0.0652 e. The van der Waals surface area contributed by atoms with Crippen molar-refractivity contribution in [2.75, 3.05) is 5.01 Å². The summed E-state index contributed by atoms with van der Waals surface area (Å²) in [6.45, 7) is 0. The Labute approximate surface area is 138 Å². The summed E-state index contributed by atoms with van der Waals surface area (Å²) in [5.41, 5.74) is 3.11. The van der Waals surface area contributed by atoms with Crippen molar-refractivity contribution in [3.8, 4) is 0 Å². The van der Waals surface area contributed by atoms with Crippen LogP contribution in [0.3, 0.4) is 0 Å². The van der Waals surface area contributed by atoms with Gasteiger partial charge in [-0.15, -0.1) is 0 Å². The summed E-state index contributed by atoms with van der Waals surface area (Å²) in [4.78, 5) is 0. The Hall–Kier alpha value is -2.39. The topological polar surface area (TPSA) is 15.6 Å². The molecule has 0 spiro atoms. The molecule has 3 aromatic carbocycles. The average Bonchev–Trinajstić information content (AvgIpc) is 2.59. The van der Waals surface area contributed by atoms with E-state index in [1.165, 1.54) is 0 Å². The molecule has 0 N–H and O–H groups in total. The van der Waals surface area contributed by atoms with Crippen molar-refractivity contribution >= 4 is 33.5 Å². The second-order valence-electron chi connectivity index (χ2n) is 4.78. The SMILES string of the molecule is Brc1ccc(/C=N/N(c2ccccc2)c2ccccc2)cc1. The van der Waals surface area contributed by atoms with E-state index in [0.717, 1.165) is 21.4 Å². The molecule has 0 unspecified atom stereocenters. The van der Waals surface area contributed by atoms with Crippen molar-refractivity contribution in [3.05, 3.63) is 95.0 Å². The molecule has 0 amide bonds. The van der Waals surface area contributed by atoms with Gasteiger partial charge in [0.2, 0.25) is 0 Å². The van der Waals surface area contributed by atoms with Gasteiger partial charge in [-0.2, -0.15) is 5.10 Å². The van der Waals surface area contributed by atoms with Gasteiger partial charge in [-0.25, -0.2) is 5.01 Å². The molecule has 0 aliphatic heterocycles. The van der Waals surface area contributed by atoms with Crippen molar-refractivity contribution in [1.82, 2.24) is 0 Å². The number of hydrogen-bond donors (Lipinski definition) is 0. The zero-order valence-corrected chi connectivity index (χ0v) is 13.5. The molecule has 3 aromatic rings. The fourth-order valence-corrected chi connectivity index (χ4v) is 2.36. The lowest BCUT2D eigenvalue weighted by Gasteiger charge is -2.19. The molecular formula is C19H15BrN2. The zero-order chi connectivity index (χ0) is 15.2. The Balaban J connectivity index is 1.94. The smallest absolute Gasteiger partial charge is 0.0652 e. The van der Waals surface area contributed by atoms with Crippen LogP contribution in [0.1, 0.15) is 5.56 Å². The minimum Gasteiger partial charge on any atom is -0.234 e. The summed E-state index contributed by atoms with van der Waals surface area (Å²) in [6, 6.07) is 28.3. The summed E-state index contributed by atoms with van der Waals surface area (Å²) in [5, 5.41) is 6.59. The molecule has 0 aromatic heterocycles. The van der Waals surface area contributed by atoms with E-state index in [4.69, 9.17) is 0 Å². The fraction of sp³-hybridized carbons (Fsp3) is 0. The molecule has 3 heteroatoms. The number of anilines is 2. The molecule has 0 saturated heterocycles. The van der Waals surface area contributed by atoms with E-state index in [0.29, 0.717) is 0 Å². The van der Waals surface area contributed by atoms with Gasteiger partial charge in [0.1, 0.15) is 0 Å². The number of para-hydroxylation sites is 2. The lowest BCUT2D eigenvalue weighted by atomic mass is 10.2. The highest BCUT2D eigenvalue weighted by Gasteiger charge is 2.06. The van der Waals surface area contributed by atoms with E-state index in [1.807, 2.05) is 96.2 Å². The summed E-state index contributed by atoms with van der Waals surface area (Å²) in [7, 11) is 0. The Bertz CT molecular complexity index is 698. The van der Waals surface area contributed by atoms with Crippen molar-refractivity contribution in [1.29, 1.82) is 0 Å². The van der Waals surface area contributed by atoms with Crippen LogP contribution in [0.15, 0.2) is 94.5 Å². The van der Waals surface area contributed by atoms with Crippen LogP contribution < -0.4 is 5.01 Å². The van der Waals surface area contributed by atoms with Crippen LogP contribution in [0.4, 0.5) is 11.4 Å². The number of nitrogens with zero attached hydrogens (tertiary/aromatic N) is 2. The second-order valence-corrected chi connectivity index (χ2v) is 5.69. The zero-order valence-electron chi connectivity index (χ0n) is 11.9. The second kappa shape index (κ2) is 7.05. The van der Waals surface area contributed by atoms with E-state index < -0.39 is 0 Å². The van der Waals surface area contributed by atoms with Gasteiger partial charge < -0.3 is 0 Å². The molecular weight excluding hydrogens is 336 g/mol. The lowest BCUT2D eigenvalue weighted by Crippen LogP contribution is -2.09. The molecule has 0 bridgehead atoms. The van der Waals surface area contributed by atoms with Crippen LogP contribution in [-0.4, -0.2) is 6.21 Å². The fourth-order valence-electron chi connectivity index (χ4n) is 2.09. The molecule has 108 valence electrons. The third-order valence-corrected chi connectivity index (χ3v) is 3.72. The minimum atomic E-state index is 1.03. The monoisotopic (exact) mass is 350 g/mol. The number of benzene rings is 3. The molecule has 0 aliphatic carbocycles. The summed E-state index contributed by atoms with van der Waals surface area (Å²) >= 11 is 3.44. The highest BCUT2D eigenvalue weighted by Crippen LogP contribution is 2.25. The van der Waals surface area contributed by atoms with Crippen LogP contribution in [0.5, 0.6) is 0 Å². The number of hydrazone groups is 1. The Morgan fingerprint density at radius 1 is 0.682 bits per heavy atom. The van der Waals surface area contributed by atoms with Crippen LogP contribution in [-0.2, 0) is 0 Å². The van der Waals surface area contributed by atoms with Crippen molar-refractivity contribution < 1.29 is 0 Å². The highest BCUT2D eigenvalue weighted by molar-refractivity contribution is 9.10. The largest absolute Gasteiger partial charge is 0.234 e. The van der Waals surface area contributed by atoms with Gasteiger partial charge in [-0.1, -0.05) is 64.5 Å². The van der Waals surface area contributed by atoms with Gasteiger partial charge in [0.25, 0.3) is 0 Å². The number of hydrogen-bond acceptors (Lipinski definition) is 2. The van der Waals surface area contributed by atoms with E-state index in [-0.39, 0.29) is 0 Å². The van der Waals surface area contributed by atoms with Crippen molar-refractivity contribution in [2.45, 2.75) is 0 Å². The average molecular weight is 351 g/mol. The Morgan fingerprint density at radius 2 is 1.18 bits per heavy atom. The predicted octanol–water partition coefficient (Wildman–Crippen LogP) is 5.62. The molecule has 0 atom stereocenters. The summed E-state index contributed by atoms with van der Waals surface area (Å²) in [6.07, 6.45) is 1.87. The quantitative estimate of drug-likeness (QED) is 0.440. The van der Waals surface area contributed by atoms with Crippen LogP contribution in [0.2, 0.25) is 0 Å². The van der Waals surface area contributed by atoms with E-state index in [1.54, 1.807) is 0 Å². The minimum absolute atomic E-state index is 1.03. The first kappa shape index (κ1) is 14.5. The van der Waals surface area contributed by atoms with Crippen molar-refractivity contribution in [2.24, 2.45) is 5.10 Å². The van der Waals surface area contributed by atoms with Gasteiger partial charge in [-0.3, -0.25) is 0 Å². The molecule has 3 rings (SSSR count). The van der Waals surface area contributed by atoms with E-state index in [2.05, 4.69) is 21.0 Å². The Kier molecular flexibility index (Phi) is 4.66. The van der Waals surface area contributed by atoms with Crippen LogP contribution in [0, 0.1) is 0 Å². The standard InChI is InChI=1S/C19H15BrN2/c20-17-13-11-16(12-14-17)15-21-22(18-7-3-1-4-8-18)19-9-5-2-6-10-19/h1-15H/b21-15+. The molecule has 0 fully saturated rings. The van der Waals surface area contributed by atoms with Gasteiger partial charge in [-0.05, 0) is 42.0 Å². The number of rotatable bonds is 4. The van der Waals surface area contributed by atoms with Gasteiger partial charge >= 0.3 is 0 Å². The van der Waals surface area contributed by atoms with Gasteiger partial charge in [0.15, 0.2) is 0 Å². The Morgan fingerprint density at radius 3 is 1.68 bits per heavy atom. The molecule has 0 radical (unpaired) electrons. The first-order valence-electron chi connectivity index (χ1n) is 7.03. The maximum atomic E-state index is 4.66. The summed E-state index contributed by atoms with van der Waals surface area (Å²) < 4.78 is 1.06. The molecule has 0 aliphatic rings. The lowest BCUT2D eigenvalue weighted by molar-refractivity contribution is 1.09. The molecule has 0 saturated carbocycles. The van der Waals surface area contributed by atoms with E-state index >= 15 is 0 Å². The molecule has 0 heterocycles. The molecule has 22 heavy (non-hydrogen) atoms. The van der Waals surface area contributed by atoms with Gasteiger partial charge in [0, 0.05) is 4.47 Å². The predicted molar refractivity (Wildman–Crippen MR) is 96.8 cm³/mol. The first-order chi connectivity index (χ1) is 10.8. The van der Waals surface area contributed by atoms with E-state index in [9.17, 15) is 0 Å². The maximum absolute atomic E-state index is 4.66. The van der Waals surface area contributed by atoms with Gasteiger partial charge in [0.05, 0.1) is 17.6 Å². The highest BCUT2D eigenvalue weighted by atomic mass is 79.9. The van der Waals surface area contributed by atoms with Crippen LogP contribution in [0.25, 0.3) is 0 Å². The normalized spacial score (nSPS) is 10.8. The number of halogens is 1. The van der Waals surface area contributed by atoms with Crippen molar-refractivity contribution in [3.63, 3.8) is 0 Å². The summed E-state index contributed by atoms with van der Waals surface area (Å²) in [5.74, 6) is 0. The third kappa shape index (κ3) is 3.62. The first-order valence-corrected chi connectivity index (χ1v) is 7.82. The third-order valence-electron chi connectivity index (χ3n) is 3.19. The van der Waals surface area contributed by atoms with Crippen LogP contribution >= 0.6 is 15.9 Å². The molecule has 2 nitrogen and oxygen atoms in total.